The van der Waals surface area contributed by atoms with E-state index in [4.69, 9.17) is 4.42 Å². The molecule has 7 nitrogen and oxygen atoms in total. The molecule has 0 bridgehead atoms. The van der Waals surface area contributed by atoms with Crippen molar-refractivity contribution in [3.8, 4) is 0 Å². The lowest BCUT2D eigenvalue weighted by Crippen LogP contribution is -2.55. The number of rotatable bonds is 5. The van der Waals surface area contributed by atoms with Crippen LogP contribution in [0.5, 0.6) is 0 Å². The zero-order valence-corrected chi connectivity index (χ0v) is 17.4. The van der Waals surface area contributed by atoms with Gasteiger partial charge in [0.15, 0.2) is 0 Å². The van der Waals surface area contributed by atoms with Crippen LogP contribution in [0.2, 0.25) is 0 Å². The van der Waals surface area contributed by atoms with Crippen LogP contribution in [0, 0.1) is 5.41 Å². The molecule has 2 heterocycles. The first kappa shape index (κ1) is 21.7. The lowest BCUT2D eigenvalue weighted by molar-refractivity contribution is -0.140. The number of hydrogen-bond acceptors (Lipinski definition) is 4. The Morgan fingerprint density at radius 3 is 2.68 bits per heavy atom. The third-order valence-corrected chi connectivity index (χ3v) is 4.94. The van der Waals surface area contributed by atoms with Crippen LogP contribution in [-0.2, 0) is 14.4 Å². The number of furan rings is 1. The van der Waals surface area contributed by atoms with E-state index in [0.717, 1.165) is 12.8 Å². The van der Waals surface area contributed by atoms with Gasteiger partial charge < -0.3 is 19.5 Å². The summed E-state index contributed by atoms with van der Waals surface area (Å²) in [5.74, 6) is 0.210. The van der Waals surface area contributed by atoms with Gasteiger partial charge in [-0.1, -0.05) is 20.8 Å². The van der Waals surface area contributed by atoms with E-state index in [9.17, 15) is 14.4 Å². The molecule has 154 valence electrons. The van der Waals surface area contributed by atoms with Gasteiger partial charge in [0, 0.05) is 37.7 Å². The number of carbonyl (C=O) groups excluding carboxylic acids is 3. The second-order valence-corrected chi connectivity index (χ2v) is 8.32. The predicted molar refractivity (Wildman–Crippen MR) is 107 cm³/mol. The van der Waals surface area contributed by atoms with Crippen molar-refractivity contribution in [2.24, 2.45) is 5.41 Å². The van der Waals surface area contributed by atoms with E-state index in [2.05, 4.69) is 5.32 Å². The monoisotopic (exact) mass is 389 g/mol. The Labute approximate surface area is 166 Å². The summed E-state index contributed by atoms with van der Waals surface area (Å²) in [6.45, 7) is 8.26. The van der Waals surface area contributed by atoms with E-state index >= 15 is 0 Å². The number of hydrogen-bond donors (Lipinski definition) is 1. The first-order valence-electron chi connectivity index (χ1n) is 9.67. The topological polar surface area (TPSA) is 82.9 Å². The summed E-state index contributed by atoms with van der Waals surface area (Å²) in [5, 5.41) is 2.78. The van der Waals surface area contributed by atoms with Gasteiger partial charge in [-0.15, -0.1) is 0 Å². The van der Waals surface area contributed by atoms with Crippen LogP contribution in [0.1, 0.15) is 46.3 Å². The molecule has 1 aliphatic rings. The van der Waals surface area contributed by atoms with Gasteiger partial charge >= 0.3 is 0 Å². The molecule has 2 rings (SSSR count). The van der Waals surface area contributed by atoms with E-state index in [1.165, 1.54) is 6.08 Å². The van der Waals surface area contributed by atoms with Crippen LogP contribution in [-0.4, -0.2) is 59.7 Å². The van der Waals surface area contributed by atoms with Crippen LogP contribution in [0.3, 0.4) is 0 Å². The van der Waals surface area contributed by atoms with Gasteiger partial charge in [0.2, 0.25) is 17.7 Å². The van der Waals surface area contributed by atoms with Crippen molar-refractivity contribution in [1.29, 1.82) is 0 Å². The van der Waals surface area contributed by atoms with Crippen molar-refractivity contribution in [2.75, 3.05) is 20.1 Å². The Hall–Kier alpha value is -2.57. The minimum absolute atomic E-state index is 0.0730. The molecule has 0 aliphatic carbocycles. The fourth-order valence-electron chi connectivity index (χ4n) is 3.08. The van der Waals surface area contributed by atoms with Gasteiger partial charge in [-0.05, 0) is 38.0 Å². The first-order valence-corrected chi connectivity index (χ1v) is 9.67. The summed E-state index contributed by atoms with van der Waals surface area (Å²) < 4.78 is 5.20. The second-order valence-electron chi connectivity index (χ2n) is 8.32. The van der Waals surface area contributed by atoms with Crippen molar-refractivity contribution >= 4 is 23.8 Å². The van der Waals surface area contributed by atoms with Gasteiger partial charge in [-0.25, -0.2) is 0 Å². The van der Waals surface area contributed by atoms with Crippen molar-refractivity contribution in [1.82, 2.24) is 15.1 Å². The summed E-state index contributed by atoms with van der Waals surface area (Å²) in [4.78, 5) is 40.7. The normalized spacial score (nSPS) is 18.8. The smallest absolute Gasteiger partial charge is 0.246 e. The molecule has 0 aromatic carbocycles. The van der Waals surface area contributed by atoms with Gasteiger partial charge in [0.05, 0.1) is 6.26 Å². The van der Waals surface area contributed by atoms with Crippen molar-refractivity contribution in [3.63, 3.8) is 0 Å². The number of nitrogens with one attached hydrogen (secondary N) is 1. The average molecular weight is 389 g/mol. The molecular formula is C21H31N3O4. The molecule has 1 aliphatic heterocycles. The maximum atomic E-state index is 12.7. The maximum Gasteiger partial charge on any atom is 0.246 e. The highest BCUT2D eigenvalue weighted by Crippen LogP contribution is 2.17. The lowest BCUT2D eigenvalue weighted by Gasteiger charge is -2.38. The Balaban J connectivity index is 1.93. The number of carbonyl (C=O) groups is 3. The van der Waals surface area contributed by atoms with E-state index in [1.807, 2.05) is 20.8 Å². The van der Waals surface area contributed by atoms with Gasteiger partial charge in [0.1, 0.15) is 11.8 Å². The van der Waals surface area contributed by atoms with Gasteiger partial charge in [-0.3, -0.25) is 14.4 Å². The van der Waals surface area contributed by atoms with Crippen LogP contribution >= 0.6 is 0 Å². The SMILES string of the molecule is CC(NC(=O)C(C)(C)C)C(=O)N(C)C1CCCN(C(=O)C=Cc2ccco2)C1. The molecule has 0 saturated carbocycles. The van der Waals surface area contributed by atoms with Gasteiger partial charge in [-0.2, -0.15) is 0 Å². The van der Waals surface area contributed by atoms with Crippen LogP contribution in [0.15, 0.2) is 28.9 Å². The fourth-order valence-corrected chi connectivity index (χ4v) is 3.08. The molecular weight excluding hydrogens is 358 g/mol. The Morgan fingerprint density at radius 1 is 1.36 bits per heavy atom. The second kappa shape index (κ2) is 9.08. The highest BCUT2D eigenvalue weighted by atomic mass is 16.3. The number of piperidine rings is 1. The molecule has 2 unspecified atom stereocenters. The zero-order valence-electron chi connectivity index (χ0n) is 17.4. The molecule has 1 N–H and O–H groups in total. The summed E-state index contributed by atoms with van der Waals surface area (Å²) in [5.41, 5.74) is -0.554. The summed E-state index contributed by atoms with van der Waals surface area (Å²) in [7, 11) is 1.74. The molecule has 1 saturated heterocycles. The first-order chi connectivity index (χ1) is 13.1. The molecule has 3 amide bonds. The minimum Gasteiger partial charge on any atom is -0.465 e. The Kier molecular flexibility index (Phi) is 7.05. The average Bonchev–Trinajstić information content (AvgIpc) is 3.17. The van der Waals surface area contributed by atoms with Crippen molar-refractivity contribution in [2.45, 2.75) is 52.6 Å². The molecule has 0 radical (unpaired) electrons. The summed E-state index contributed by atoms with van der Waals surface area (Å²) in [6, 6.07) is 2.86. The van der Waals surface area contributed by atoms with Gasteiger partial charge in [0.25, 0.3) is 0 Å². The molecule has 7 heteroatoms. The quantitative estimate of drug-likeness (QED) is 0.784. The molecule has 2 atom stereocenters. The maximum absolute atomic E-state index is 12.7. The molecule has 1 fully saturated rings. The van der Waals surface area contributed by atoms with Crippen LogP contribution < -0.4 is 5.32 Å². The predicted octanol–water partition coefficient (Wildman–Crippen LogP) is 2.29. The Bertz CT molecular complexity index is 719. The van der Waals surface area contributed by atoms with Crippen LogP contribution in [0.25, 0.3) is 6.08 Å². The highest BCUT2D eigenvalue weighted by molar-refractivity contribution is 5.92. The molecule has 1 aromatic rings. The third-order valence-electron chi connectivity index (χ3n) is 4.94. The standard InChI is InChI=1S/C21H31N3O4/c1-15(22-20(27)21(2,3)4)19(26)23(5)16-8-6-12-24(14-16)18(25)11-10-17-9-7-13-28-17/h7,9-11,13,15-16H,6,8,12,14H2,1-5H3,(H,22,27). The largest absolute Gasteiger partial charge is 0.465 e. The summed E-state index contributed by atoms with van der Waals surface area (Å²) >= 11 is 0. The molecule has 28 heavy (non-hydrogen) atoms. The van der Waals surface area contributed by atoms with E-state index in [0.29, 0.717) is 18.8 Å². The van der Waals surface area contributed by atoms with E-state index in [1.54, 1.807) is 48.2 Å². The number of amides is 3. The van der Waals surface area contributed by atoms with E-state index < -0.39 is 11.5 Å². The number of likely N-dealkylation sites (N-methyl/N-ethyl adjacent to an activating group) is 1. The molecule has 0 spiro atoms. The van der Waals surface area contributed by atoms with E-state index in [-0.39, 0.29) is 23.8 Å². The Morgan fingerprint density at radius 2 is 2.07 bits per heavy atom. The van der Waals surface area contributed by atoms with Crippen LogP contribution in [0.4, 0.5) is 0 Å². The fraction of sp³-hybridized carbons (Fsp3) is 0.571. The highest BCUT2D eigenvalue weighted by Gasteiger charge is 2.31. The minimum atomic E-state index is -0.610. The molecule has 1 aromatic heterocycles. The van der Waals surface area contributed by atoms with Crippen molar-refractivity contribution < 1.29 is 18.8 Å². The number of likely N-dealkylation sites (tertiary alicyclic amines) is 1. The zero-order chi connectivity index (χ0) is 20.9. The lowest BCUT2D eigenvalue weighted by atomic mass is 9.95. The third kappa shape index (κ3) is 5.71. The number of nitrogens with zero attached hydrogens (tertiary/aromatic N) is 2. The van der Waals surface area contributed by atoms with Crippen molar-refractivity contribution in [3.05, 3.63) is 30.2 Å². The summed E-state index contributed by atoms with van der Waals surface area (Å²) in [6.07, 6.45) is 6.35.